The number of hydrogen-bond donors (Lipinski definition) is 3. The maximum absolute atomic E-state index is 11.7. The predicted octanol–water partition coefficient (Wildman–Crippen LogP) is 1.57. The van der Waals surface area contributed by atoms with E-state index in [-0.39, 0.29) is 12.5 Å². The van der Waals surface area contributed by atoms with Crippen molar-refractivity contribution in [2.75, 3.05) is 6.54 Å². The van der Waals surface area contributed by atoms with Crippen LogP contribution in [0, 0.1) is 0 Å². The van der Waals surface area contributed by atoms with Gasteiger partial charge in [-0.2, -0.15) is 0 Å². The number of pyridine rings is 1. The summed E-state index contributed by atoms with van der Waals surface area (Å²) in [6.45, 7) is 4.13. The lowest BCUT2D eigenvalue weighted by Crippen LogP contribution is -2.48. The van der Waals surface area contributed by atoms with E-state index in [1.165, 1.54) is 0 Å². The SMILES string of the molecule is CC(C)(CCC(=O)O)NC(=O)NCCc1ccncc1. The summed E-state index contributed by atoms with van der Waals surface area (Å²) in [5.74, 6) is -0.863. The van der Waals surface area contributed by atoms with Crippen LogP contribution in [0.3, 0.4) is 0 Å². The van der Waals surface area contributed by atoms with Gasteiger partial charge in [0.15, 0.2) is 0 Å². The van der Waals surface area contributed by atoms with Gasteiger partial charge in [-0.3, -0.25) is 9.78 Å². The molecule has 6 heteroatoms. The van der Waals surface area contributed by atoms with Gasteiger partial charge in [0.25, 0.3) is 0 Å². The molecule has 0 saturated carbocycles. The Morgan fingerprint density at radius 3 is 2.55 bits per heavy atom. The lowest BCUT2D eigenvalue weighted by Gasteiger charge is -2.25. The first kappa shape index (κ1) is 15.9. The molecule has 0 atom stereocenters. The largest absolute Gasteiger partial charge is 0.481 e. The molecular weight excluding hydrogens is 258 g/mol. The van der Waals surface area contributed by atoms with Crippen molar-refractivity contribution >= 4 is 12.0 Å². The van der Waals surface area contributed by atoms with Crippen molar-refractivity contribution in [3.63, 3.8) is 0 Å². The summed E-state index contributed by atoms with van der Waals surface area (Å²) >= 11 is 0. The average molecular weight is 279 g/mol. The minimum Gasteiger partial charge on any atom is -0.481 e. The highest BCUT2D eigenvalue weighted by molar-refractivity contribution is 5.74. The van der Waals surface area contributed by atoms with E-state index >= 15 is 0 Å². The molecule has 1 heterocycles. The second-order valence-corrected chi connectivity index (χ2v) is 5.26. The fourth-order valence-corrected chi connectivity index (χ4v) is 1.70. The molecule has 0 bridgehead atoms. The van der Waals surface area contributed by atoms with E-state index in [1.807, 2.05) is 12.1 Å². The Bertz CT molecular complexity index is 446. The molecule has 1 aromatic heterocycles. The van der Waals surface area contributed by atoms with Gasteiger partial charge in [-0.1, -0.05) is 0 Å². The maximum atomic E-state index is 11.7. The van der Waals surface area contributed by atoms with Gasteiger partial charge in [0.05, 0.1) is 0 Å². The quantitative estimate of drug-likeness (QED) is 0.706. The van der Waals surface area contributed by atoms with Crippen molar-refractivity contribution < 1.29 is 14.7 Å². The van der Waals surface area contributed by atoms with E-state index in [0.29, 0.717) is 13.0 Å². The van der Waals surface area contributed by atoms with Gasteiger partial charge < -0.3 is 15.7 Å². The molecule has 20 heavy (non-hydrogen) atoms. The minimum absolute atomic E-state index is 0.0320. The second-order valence-electron chi connectivity index (χ2n) is 5.26. The summed E-state index contributed by atoms with van der Waals surface area (Å²) in [7, 11) is 0. The lowest BCUT2D eigenvalue weighted by atomic mass is 9.99. The molecule has 0 saturated heterocycles. The summed E-state index contributed by atoms with van der Waals surface area (Å²) in [6, 6.07) is 3.52. The van der Waals surface area contributed by atoms with Crippen LogP contribution in [0.25, 0.3) is 0 Å². The first-order valence-corrected chi connectivity index (χ1v) is 6.56. The van der Waals surface area contributed by atoms with E-state index in [0.717, 1.165) is 12.0 Å². The molecule has 0 fully saturated rings. The molecule has 0 radical (unpaired) electrons. The normalized spacial score (nSPS) is 10.9. The third-order valence-corrected chi connectivity index (χ3v) is 2.86. The van der Waals surface area contributed by atoms with Crippen LogP contribution < -0.4 is 10.6 Å². The maximum Gasteiger partial charge on any atom is 0.315 e. The molecule has 0 aliphatic carbocycles. The van der Waals surface area contributed by atoms with Crippen molar-refractivity contribution in [1.29, 1.82) is 0 Å². The highest BCUT2D eigenvalue weighted by atomic mass is 16.4. The van der Waals surface area contributed by atoms with E-state index in [9.17, 15) is 9.59 Å². The molecule has 6 nitrogen and oxygen atoms in total. The molecule has 1 aromatic rings. The zero-order chi connectivity index (χ0) is 15.0. The number of aromatic nitrogens is 1. The van der Waals surface area contributed by atoms with Crippen LogP contribution in [0.4, 0.5) is 4.79 Å². The number of nitrogens with one attached hydrogen (secondary N) is 2. The highest BCUT2D eigenvalue weighted by Crippen LogP contribution is 2.10. The first-order valence-electron chi connectivity index (χ1n) is 6.56. The zero-order valence-corrected chi connectivity index (χ0v) is 11.8. The Morgan fingerprint density at radius 2 is 1.95 bits per heavy atom. The van der Waals surface area contributed by atoms with Gasteiger partial charge >= 0.3 is 12.0 Å². The second kappa shape index (κ2) is 7.47. The number of carbonyl (C=O) groups is 2. The van der Waals surface area contributed by atoms with Crippen LogP contribution in [-0.4, -0.2) is 34.2 Å². The van der Waals surface area contributed by atoms with E-state index < -0.39 is 11.5 Å². The van der Waals surface area contributed by atoms with Crippen LogP contribution in [0.5, 0.6) is 0 Å². The van der Waals surface area contributed by atoms with Crippen LogP contribution in [0.15, 0.2) is 24.5 Å². The van der Waals surface area contributed by atoms with Crippen molar-refractivity contribution in [3.8, 4) is 0 Å². The number of aliphatic carboxylic acids is 1. The molecule has 0 aromatic carbocycles. The predicted molar refractivity (Wildman–Crippen MR) is 75.4 cm³/mol. The number of urea groups is 1. The zero-order valence-electron chi connectivity index (χ0n) is 11.8. The number of hydrogen-bond acceptors (Lipinski definition) is 3. The molecular formula is C14H21N3O3. The smallest absolute Gasteiger partial charge is 0.315 e. The van der Waals surface area contributed by atoms with E-state index in [2.05, 4.69) is 15.6 Å². The van der Waals surface area contributed by atoms with Crippen LogP contribution >= 0.6 is 0 Å². The fraction of sp³-hybridized carbons (Fsp3) is 0.500. The molecule has 2 amide bonds. The molecule has 0 spiro atoms. The fourth-order valence-electron chi connectivity index (χ4n) is 1.70. The Kier molecular flexibility index (Phi) is 5.96. The Hall–Kier alpha value is -2.11. The average Bonchev–Trinajstić information content (AvgIpc) is 2.37. The van der Waals surface area contributed by atoms with Gasteiger partial charge in [-0.15, -0.1) is 0 Å². The Balaban J connectivity index is 2.27. The summed E-state index contributed by atoms with van der Waals surface area (Å²) in [6.07, 6.45) is 4.57. The number of carbonyl (C=O) groups excluding carboxylic acids is 1. The summed E-state index contributed by atoms with van der Waals surface area (Å²) in [5, 5.41) is 14.2. The Labute approximate surface area is 118 Å². The number of carboxylic acid groups (broad SMARTS) is 1. The van der Waals surface area contributed by atoms with E-state index in [4.69, 9.17) is 5.11 Å². The van der Waals surface area contributed by atoms with Gasteiger partial charge in [-0.05, 0) is 44.4 Å². The Morgan fingerprint density at radius 1 is 1.30 bits per heavy atom. The third kappa shape index (κ3) is 6.72. The van der Waals surface area contributed by atoms with Gasteiger partial charge in [-0.25, -0.2) is 4.79 Å². The molecule has 0 aliphatic heterocycles. The standard InChI is InChI=1S/C14H21N3O3/c1-14(2,7-3-12(18)19)17-13(20)16-10-6-11-4-8-15-9-5-11/h4-5,8-9H,3,6-7,10H2,1-2H3,(H,18,19)(H2,16,17,20). The van der Waals surface area contributed by atoms with Crippen LogP contribution in [0.1, 0.15) is 32.3 Å². The monoisotopic (exact) mass is 279 g/mol. The highest BCUT2D eigenvalue weighted by Gasteiger charge is 2.21. The van der Waals surface area contributed by atoms with Gasteiger partial charge in [0.1, 0.15) is 0 Å². The van der Waals surface area contributed by atoms with Gasteiger partial charge in [0.2, 0.25) is 0 Å². The first-order chi connectivity index (χ1) is 9.39. The number of rotatable bonds is 7. The molecule has 3 N–H and O–H groups in total. The van der Waals surface area contributed by atoms with Crippen molar-refractivity contribution in [3.05, 3.63) is 30.1 Å². The third-order valence-electron chi connectivity index (χ3n) is 2.86. The topological polar surface area (TPSA) is 91.3 Å². The summed E-state index contributed by atoms with van der Waals surface area (Å²) < 4.78 is 0. The lowest BCUT2D eigenvalue weighted by molar-refractivity contribution is -0.137. The number of nitrogens with zero attached hydrogens (tertiary/aromatic N) is 1. The molecule has 110 valence electrons. The van der Waals surface area contributed by atoms with Crippen molar-refractivity contribution in [1.82, 2.24) is 15.6 Å². The van der Waals surface area contributed by atoms with E-state index in [1.54, 1.807) is 26.2 Å². The van der Waals surface area contributed by atoms with Crippen LogP contribution in [0.2, 0.25) is 0 Å². The van der Waals surface area contributed by atoms with Gasteiger partial charge in [0, 0.05) is 30.9 Å². The summed E-state index contributed by atoms with van der Waals surface area (Å²) in [5.41, 5.74) is 0.560. The minimum atomic E-state index is -0.863. The van der Waals surface area contributed by atoms with Crippen molar-refractivity contribution in [2.24, 2.45) is 0 Å². The molecule has 0 unspecified atom stereocenters. The molecule has 0 aliphatic rings. The number of amides is 2. The molecule has 1 rings (SSSR count). The van der Waals surface area contributed by atoms with Crippen molar-refractivity contribution in [2.45, 2.75) is 38.6 Å². The number of carboxylic acids is 1. The summed E-state index contributed by atoms with van der Waals surface area (Å²) in [4.78, 5) is 26.2. The van der Waals surface area contributed by atoms with Crippen LogP contribution in [-0.2, 0) is 11.2 Å².